The molecule has 0 bridgehead atoms. The molecule has 2 nitrogen and oxygen atoms in total. The van der Waals surface area contributed by atoms with Crippen molar-refractivity contribution in [3.63, 3.8) is 0 Å². The van der Waals surface area contributed by atoms with Crippen LogP contribution in [0, 0.1) is 6.92 Å². The Bertz CT molecular complexity index is 757. The van der Waals surface area contributed by atoms with Gasteiger partial charge in [-0.1, -0.05) is 15.9 Å². The van der Waals surface area contributed by atoms with Crippen molar-refractivity contribution in [1.82, 2.24) is 4.98 Å². The molecule has 1 aromatic carbocycles. The van der Waals surface area contributed by atoms with E-state index in [1.807, 2.05) is 11.3 Å². The SMILES string of the molecule is Cc1csc(-c2[nH]c3ccc(Br)cc3c2CCCCN)c1. The first-order chi connectivity index (χ1) is 10.2. The van der Waals surface area contributed by atoms with Gasteiger partial charge in [0, 0.05) is 15.4 Å². The molecule has 0 unspecified atom stereocenters. The van der Waals surface area contributed by atoms with Crippen molar-refractivity contribution in [3.05, 3.63) is 45.2 Å². The number of hydrogen-bond acceptors (Lipinski definition) is 2. The zero-order chi connectivity index (χ0) is 14.8. The summed E-state index contributed by atoms with van der Waals surface area (Å²) >= 11 is 5.39. The summed E-state index contributed by atoms with van der Waals surface area (Å²) in [5.74, 6) is 0. The Labute approximate surface area is 137 Å². The molecule has 0 aliphatic rings. The normalized spacial score (nSPS) is 11.4. The Morgan fingerprint density at radius 1 is 1.24 bits per heavy atom. The number of unbranched alkanes of at least 4 members (excludes halogenated alkanes) is 1. The number of hydrogen-bond donors (Lipinski definition) is 2. The lowest BCUT2D eigenvalue weighted by atomic mass is 10.0. The molecule has 0 spiro atoms. The molecule has 4 heteroatoms. The van der Waals surface area contributed by atoms with Gasteiger partial charge >= 0.3 is 0 Å². The summed E-state index contributed by atoms with van der Waals surface area (Å²) in [6.07, 6.45) is 3.27. The van der Waals surface area contributed by atoms with Gasteiger partial charge in [0.25, 0.3) is 0 Å². The molecule has 3 aromatic rings. The molecule has 0 aliphatic carbocycles. The van der Waals surface area contributed by atoms with Crippen molar-refractivity contribution in [2.24, 2.45) is 5.73 Å². The number of halogens is 1. The number of fused-ring (bicyclic) bond motifs is 1. The zero-order valence-electron chi connectivity index (χ0n) is 12.1. The third kappa shape index (κ3) is 3.07. The molecule has 0 atom stereocenters. The van der Waals surface area contributed by atoms with Gasteiger partial charge in [-0.05, 0) is 73.5 Å². The van der Waals surface area contributed by atoms with Crippen molar-refractivity contribution in [2.75, 3.05) is 6.54 Å². The summed E-state index contributed by atoms with van der Waals surface area (Å²) in [5.41, 5.74) is 10.9. The molecular formula is C17H19BrN2S. The minimum absolute atomic E-state index is 0.763. The molecular weight excluding hydrogens is 344 g/mol. The highest BCUT2D eigenvalue weighted by atomic mass is 79.9. The minimum atomic E-state index is 0.763. The second kappa shape index (κ2) is 6.34. The quantitative estimate of drug-likeness (QED) is 0.598. The Hall–Kier alpha value is -1.10. The fourth-order valence-corrected chi connectivity index (χ4v) is 3.99. The van der Waals surface area contributed by atoms with Crippen LogP contribution in [0.25, 0.3) is 21.5 Å². The van der Waals surface area contributed by atoms with Gasteiger partial charge in [-0.2, -0.15) is 0 Å². The Balaban J connectivity index is 2.10. The lowest BCUT2D eigenvalue weighted by molar-refractivity contribution is 0.748. The van der Waals surface area contributed by atoms with Gasteiger partial charge in [0.2, 0.25) is 0 Å². The smallest absolute Gasteiger partial charge is 0.0598 e. The van der Waals surface area contributed by atoms with Crippen molar-refractivity contribution in [3.8, 4) is 10.6 Å². The Morgan fingerprint density at radius 3 is 2.81 bits per heavy atom. The van der Waals surface area contributed by atoms with Gasteiger partial charge in [0.15, 0.2) is 0 Å². The van der Waals surface area contributed by atoms with Crippen molar-refractivity contribution in [1.29, 1.82) is 0 Å². The summed E-state index contributed by atoms with van der Waals surface area (Å²) in [7, 11) is 0. The topological polar surface area (TPSA) is 41.8 Å². The molecule has 0 saturated heterocycles. The fourth-order valence-electron chi connectivity index (χ4n) is 2.70. The van der Waals surface area contributed by atoms with Gasteiger partial charge in [-0.25, -0.2) is 0 Å². The predicted octanol–water partition coefficient (Wildman–Crippen LogP) is 5.25. The van der Waals surface area contributed by atoms with Crippen LogP contribution in [-0.4, -0.2) is 11.5 Å². The maximum absolute atomic E-state index is 5.64. The van der Waals surface area contributed by atoms with E-state index in [4.69, 9.17) is 5.73 Å². The van der Waals surface area contributed by atoms with E-state index in [0.717, 1.165) is 30.3 Å². The van der Waals surface area contributed by atoms with Gasteiger partial charge in [-0.3, -0.25) is 0 Å². The molecule has 0 amide bonds. The van der Waals surface area contributed by atoms with Gasteiger partial charge in [0.05, 0.1) is 10.6 Å². The molecule has 3 N–H and O–H groups in total. The third-order valence-electron chi connectivity index (χ3n) is 3.73. The molecule has 21 heavy (non-hydrogen) atoms. The van der Waals surface area contributed by atoms with Crippen molar-refractivity contribution >= 4 is 38.2 Å². The first-order valence-corrected chi connectivity index (χ1v) is 8.92. The van der Waals surface area contributed by atoms with Gasteiger partial charge in [0.1, 0.15) is 0 Å². The first kappa shape index (κ1) is 14.8. The molecule has 110 valence electrons. The highest BCUT2D eigenvalue weighted by molar-refractivity contribution is 9.10. The Morgan fingerprint density at radius 2 is 2.10 bits per heavy atom. The van der Waals surface area contributed by atoms with Gasteiger partial charge < -0.3 is 10.7 Å². The van der Waals surface area contributed by atoms with Crippen LogP contribution in [0.1, 0.15) is 24.0 Å². The molecule has 2 aromatic heterocycles. The van der Waals surface area contributed by atoms with Crippen LogP contribution in [-0.2, 0) is 6.42 Å². The van der Waals surface area contributed by atoms with Crippen LogP contribution < -0.4 is 5.73 Å². The van der Waals surface area contributed by atoms with E-state index in [0.29, 0.717) is 0 Å². The standard InChI is InChI=1S/C17H19BrN2S/c1-11-8-16(21-10-11)17-13(4-2-3-7-19)14-9-12(18)5-6-15(14)20-17/h5-6,8-10,20H,2-4,7,19H2,1H3. The van der Waals surface area contributed by atoms with E-state index in [1.165, 1.54) is 32.6 Å². The third-order valence-corrected chi connectivity index (χ3v) is 5.28. The number of aromatic amines is 1. The van der Waals surface area contributed by atoms with E-state index in [1.54, 1.807) is 0 Å². The summed E-state index contributed by atoms with van der Waals surface area (Å²) in [5, 5.41) is 3.53. The summed E-state index contributed by atoms with van der Waals surface area (Å²) in [4.78, 5) is 4.93. The number of H-pyrrole nitrogens is 1. The summed E-state index contributed by atoms with van der Waals surface area (Å²) < 4.78 is 1.13. The lowest BCUT2D eigenvalue weighted by Crippen LogP contribution is -1.99. The molecule has 0 saturated carbocycles. The molecule has 0 fully saturated rings. The number of benzene rings is 1. The average molecular weight is 363 g/mol. The zero-order valence-corrected chi connectivity index (χ0v) is 14.5. The van der Waals surface area contributed by atoms with Crippen LogP contribution in [0.4, 0.5) is 0 Å². The van der Waals surface area contributed by atoms with E-state index in [9.17, 15) is 0 Å². The number of aryl methyl sites for hydroxylation is 2. The fraction of sp³-hybridized carbons (Fsp3) is 0.294. The number of thiophene rings is 1. The molecule has 2 heterocycles. The largest absolute Gasteiger partial charge is 0.354 e. The monoisotopic (exact) mass is 362 g/mol. The van der Waals surface area contributed by atoms with Crippen LogP contribution in [0.2, 0.25) is 0 Å². The van der Waals surface area contributed by atoms with E-state index >= 15 is 0 Å². The maximum atomic E-state index is 5.64. The van der Waals surface area contributed by atoms with Crippen LogP contribution >= 0.6 is 27.3 Å². The van der Waals surface area contributed by atoms with E-state index in [2.05, 4.69) is 57.5 Å². The second-order valence-corrected chi connectivity index (χ2v) is 7.23. The van der Waals surface area contributed by atoms with E-state index < -0.39 is 0 Å². The summed E-state index contributed by atoms with van der Waals surface area (Å²) in [6.45, 7) is 2.91. The molecule has 0 radical (unpaired) electrons. The highest BCUT2D eigenvalue weighted by Crippen LogP contribution is 2.36. The number of rotatable bonds is 5. The Kier molecular flexibility index (Phi) is 4.48. The van der Waals surface area contributed by atoms with E-state index in [-0.39, 0.29) is 0 Å². The van der Waals surface area contributed by atoms with Crippen LogP contribution in [0.3, 0.4) is 0 Å². The highest BCUT2D eigenvalue weighted by Gasteiger charge is 2.14. The van der Waals surface area contributed by atoms with Crippen LogP contribution in [0.15, 0.2) is 34.1 Å². The second-order valence-electron chi connectivity index (χ2n) is 5.40. The molecule has 3 rings (SSSR count). The van der Waals surface area contributed by atoms with Crippen molar-refractivity contribution < 1.29 is 0 Å². The minimum Gasteiger partial charge on any atom is -0.354 e. The predicted molar refractivity (Wildman–Crippen MR) is 96.0 cm³/mol. The number of nitrogens with two attached hydrogens (primary N) is 1. The number of nitrogens with one attached hydrogen (secondary N) is 1. The number of aromatic nitrogens is 1. The first-order valence-electron chi connectivity index (χ1n) is 7.24. The maximum Gasteiger partial charge on any atom is 0.0598 e. The average Bonchev–Trinajstić information content (AvgIpc) is 3.03. The van der Waals surface area contributed by atoms with Gasteiger partial charge in [-0.15, -0.1) is 11.3 Å². The van der Waals surface area contributed by atoms with Crippen LogP contribution in [0.5, 0.6) is 0 Å². The lowest BCUT2D eigenvalue weighted by Gasteiger charge is -2.03. The molecule has 0 aliphatic heterocycles. The summed E-state index contributed by atoms with van der Waals surface area (Å²) in [6, 6.07) is 8.71. The van der Waals surface area contributed by atoms with Crippen molar-refractivity contribution in [2.45, 2.75) is 26.2 Å².